The fraction of sp³-hybridized carbons (Fsp3) is 0.143. The van der Waals surface area contributed by atoms with Crippen LogP contribution in [-0.4, -0.2) is 14.8 Å². The molecule has 0 saturated carbocycles. The Hall–Kier alpha value is -1.43. The molecule has 2 rings (SSSR count). The minimum atomic E-state index is 0.547. The van der Waals surface area contributed by atoms with Gasteiger partial charge in [-0.05, 0) is 11.8 Å². The van der Waals surface area contributed by atoms with Crippen LogP contribution in [-0.2, 0) is 7.05 Å². The lowest BCUT2D eigenvalue weighted by atomic mass is 10.6. The smallest absolute Gasteiger partial charge is 0.262 e. The van der Waals surface area contributed by atoms with Gasteiger partial charge in [-0.3, -0.25) is 4.68 Å². The molecule has 0 aliphatic heterocycles. The van der Waals surface area contributed by atoms with Gasteiger partial charge in [0.2, 0.25) is 0 Å². The molecule has 2 aromatic heterocycles. The molecule has 13 heavy (non-hydrogen) atoms. The first-order chi connectivity index (χ1) is 6.25. The van der Waals surface area contributed by atoms with Crippen LogP contribution in [0.4, 0.5) is 5.69 Å². The zero-order chi connectivity index (χ0) is 9.26. The van der Waals surface area contributed by atoms with E-state index in [0.29, 0.717) is 15.9 Å². The number of rotatable bonds is 2. The number of hydrogen-bond donors (Lipinski definition) is 1. The lowest BCUT2D eigenvalue weighted by Crippen LogP contribution is -1.86. The molecule has 0 radical (unpaired) electrons. The predicted octanol–water partition coefficient (Wildman–Crippen LogP) is 1.14. The van der Waals surface area contributed by atoms with E-state index in [2.05, 4.69) is 10.1 Å². The second-order valence-corrected chi connectivity index (χ2v) is 3.40. The number of oxazole rings is 1. The Bertz CT molecular complexity index is 395. The van der Waals surface area contributed by atoms with Gasteiger partial charge in [-0.25, -0.2) is 4.98 Å². The molecule has 0 bridgehead atoms. The van der Waals surface area contributed by atoms with Crippen LogP contribution >= 0.6 is 11.8 Å². The average molecular weight is 196 g/mol. The number of nitrogen functional groups attached to an aromatic ring is 1. The highest BCUT2D eigenvalue weighted by Crippen LogP contribution is 2.28. The largest absolute Gasteiger partial charge is 0.440 e. The molecule has 0 unspecified atom stereocenters. The minimum absolute atomic E-state index is 0.547. The van der Waals surface area contributed by atoms with E-state index in [4.69, 9.17) is 10.2 Å². The summed E-state index contributed by atoms with van der Waals surface area (Å²) in [6, 6.07) is 0. The minimum Gasteiger partial charge on any atom is -0.440 e. The van der Waals surface area contributed by atoms with Crippen molar-refractivity contribution in [1.29, 1.82) is 0 Å². The van der Waals surface area contributed by atoms with Crippen molar-refractivity contribution < 1.29 is 4.42 Å². The van der Waals surface area contributed by atoms with Crippen molar-refractivity contribution in [3.8, 4) is 0 Å². The maximum atomic E-state index is 5.68. The van der Waals surface area contributed by atoms with Crippen molar-refractivity contribution in [2.24, 2.45) is 7.05 Å². The molecular weight excluding hydrogens is 188 g/mol. The first-order valence-corrected chi connectivity index (χ1v) is 4.44. The molecule has 0 spiro atoms. The maximum Gasteiger partial charge on any atom is 0.262 e. The third kappa shape index (κ3) is 1.67. The third-order valence-electron chi connectivity index (χ3n) is 1.42. The van der Waals surface area contributed by atoms with Gasteiger partial charge in [0, 0.05) is 13.2 Å². The van der Waals surface area contributed by atoms with Gasteiger partial charge in [0.15, 0.2) is 5.03 Å². The molecule has 5 nitrogen and oxygen atoms in total. The van der Waals surface area contributed by atoms with Crippen molar-refractivity contribution in [3.63, 3.8) is 0 Å². The van der Waals surface area contributed by atoms with Gasteiger partial charge in [0.05, 0.1) is 11.9 Å². The number of hydrogen-bond acceptors (Lipinski definition) is 5. The number of nitrogens with two attached hydrogens (primary N) is 1. The highest BCUT2D eigenvalue weighted by Gasteiger charge is 2.08. The summed E-state index contributed by atoms with van der Waals surface area (Å²) in [5.41, 5.74) is 6.31. The van der Waals surface area contributed by atoms with Gasteiger partial charge in [-0.2, -0.15) is 5.10 Å². The highest BCUT2D eigenvalue weighted by atomic mass is 32.2. The van der Waals surface area contributed by atoms with Crippen molar-refractivity contribution in [2.45, 2.75) is 10.2 Å². The maximum absolute atomic E-state index is 5.68. The van der Waals surface area contributed by atoms with Crippen molar-refractivity contribution in [1.82, 2.24) is 14.8 Å². The van der Waals surface area contributed by atoms with E-state index in [-0.39, 0.29) is 0 Å². The van der Waals surface area contributed by atoms with Gasteiger partial charge < -0.3 is 10.2 Å². The van der Waals surface area contributed by atoms with Crippen LogP contribution in [0.3, 0.4) is 0 Å². The molecule has 0 amide bonds. The molecule has 0 fully saturated rings. The van der Waals surface area contributed by atoms with Crippen LogP contribution in [0.15, 0.2) is 33.3 Å². The Kier molecular flexibility index (Phi) is 1.97. The van der Waals surface area contributed by atoms with E-state index in [0.717, 1.165) is 0 Å². The molecule has 0 saturated heterocycles. The molecule has 2 heterocycles. The Labute approximate surface area is 78.9 Å². The molecule has 0 aromatic carbocycles. The first-order valence-electron chi connectivity index (χ1n) is 3.62. The van der Waals surface area contributed by atoms with E-state index < -0.39 is 0 Å². The van der Waals surface area contributed by atoms with Crippen molar-refractivity contribution in [3.05, 3.63) is 18.7 Å². The fourth-order valence-corrected chi connectivity index (χ4v) is 1.63. The van der Waals surface area contributed by atoms with Gasteiger partial charge >= 0.3 is 0 Å². The monoisotopic (exact) mass is 196 g/mol. The zero-order valence-corrected chi connectivity index (χ0v) is 7.78. The lowest BCUT2D eigenvalue weighted by Gasteiger charge is -1.90. The SMILES string of the molecule is Cn1cc(N)c(Sc2ncco2)n1. The summed E-state index contributed by atoms with van der Waals surface area (Å²) in [5.74, 6) is 0. The number of aromatic nitrogens is 3. The van der Waals surface area contributed by atoms with Gasteiger partial charge in [0.25, 0.3) is 5.22 Å². The summed E-state index contributed by atoms with van der Waals surface area (Å²) in [7, 11) is 1.82. The zero-order valence-electron chi connectivity index (χ0n) is 6.97. The molecular formula is C7H8N4OS. The summed E-state index contributed by atoms with van der Waals surface area (Å²) in [6.07, 6.45) is 4.84. The summed E-state index contributed by atoms with van der Waals surface area (Å²) in [6.45, 7) is 0. The van der Waals surface area contributed by atoms with Crippen LogP contribution < -0.4 is 5.73 Å². The molecule has 0 atom stereocenters. The van der Waals surface area contributed by atoms with Crippen LogP contribution in [0.1, 0.15) is 0 Å². The lowest BCUT2D eigenvalue weighted by molar-refractivity contribution is 0.454. The van der Waals surface area contributed by atoms with Crippen molar-refractivity contribution >= 4 is 17.4 Å². The van der Waals surface area contributed by atoms with Crippen LogP contribution in [0.2, 0.25) is 0 Å². The van der Waals surface area contributed by atoms with E-state index in [1.54, 1.807) is 17.1 Å². The molecule has 2 aromatic rings. The Morgan fingerprint density at radius 1 is 1.62 bits per heavy atom. The Balaban J connectivity index is 2.23. The first kappa shape index (κ1) is 8.18. The summed E-state index contributed by atoms with van der Waals surface area (Å²) in [5, 5.41) is 5.40. The molecule has 68 valence electrons. The summed E-state index contributed by atoms with van der Waals surface area (Å²) < 4.78 is 6.70. The molecule has 0 aliphatic rings. The van der Waals surface area contributed by atoms with Gasteiger partial charge in [-0.1, -0.05) is 0 Å². The van der Waals surface area contributed by atoms with Crippen LogP contribution in [0, 0.1) is 0 Å². The number of nitrogens with zero attached hydrogens (tertiary/aromatic N) is 3. The number of aryl methyl sites for hydroxylation is 1. The van der Waals surface area contributed by atoms with E-state index in [9.17, 15) is 0 Å². The standard InChI is InChI=1S/C7H8N4OS/c1-11-4-5(8)6(10-11)13-7-9-2-3-12-7/h2-4H,8H2,1H3. The summed E-state index contributed by atoms with van der Waals surface area (Å²) in [4.78, 5) is 3.95. The fourth-order valence-electron chi connectivity index (χ4n) is 0.909. The quantitative estimate of drug-likeness (QED) is 0.780. The van der Waals surface area contributed by atoms with E-state index in [1.165, 1.54) is 18.0 Å². The van der Waals surface area contributed by atoms with Gasteiger partial charge in [0.1, 0.15) is 6.26 Å². The van der Waals surface area contributed by atoms with Crippen LogP contribution in [0.5, 0.6) is 0 Å². The number of anilines is 1. The Morgan fingerprint density at radius 3 is 3.00 bits per heavy atom. The second kappa shape index (κ2) is 3.14. The summed E-state index contributed by atoms with van der Waals surface area (Å²) >= 11 is 1.31. The molecule has 6 heteroatoms. The molecule has 0 aliphatic carbocycles. The second-order valence-electron chi connectivity index (χ2n) is 2.46. The topological polar surface area (TPSA) is 69.9 Å². The Morgan fingerprint density at radius 2 is 2.46 bits per heavy atom. The van der Waals surface area contributed by atoms with Crippen molar-refractivity contribution in [2.75, 3.05) is 5.73 Å². The van der Waals surface area contributed by atoms with Crippen LogP contribution in [0.25, 0.3) is 0 Å². The van der Waals surface area contributed by atoms with E-state index >= 15 is 0 Å². The average Bonchev–Trinajstić information content (AvgIpc) is 2.63. The molecule has 2 N–H and O–H groups in total. The predicted molar refractivity (Wildman–Crippen MR) is 48.2 cm³/mol. The highest BCUT2D eigenvalue weighted by molar-refractivity contribution is 7.99. The third-order valence-corrected chi connectivity index (χ3v) is 2.30. The van der Waals surface area contributed by atoms with Gasteiger partial charge in [-0.15, -0.1) is 0 Å². The normalized spacial score (nSPS) is 10.5. The van der Waals surface area contributed by atoms with E-state index in [1.807, 2.05) is 7.05 Å².